The highest BCUT2D eigenvalue weighted by atomic mass is 16.6. The minimum Gasteiger partial charge on any atom is -0.443 e. The summed E-state index contributed by atoms with van der Waals surface area (Å²) in [7, 11) is 0. The summed E-state index contributed by atoms with van der Waals surface area (Å²) in [5.41, 5.74) is 4.16. The number of carbonyl (C=O) groups excluding carboxylic acids is 2. The van der Waals surface area contributed by atoms with Gasteiger partial charge in [0.2, 0.25) is 5.91 Å². The second-order valence-electron chi connectivity index (χ2n) is 6.08. The van der Waals surface area contributed by atoms with Gasteiger partial charge in [-0.2, -0.15) is 0 Å². The fourth-order valence-corrected chi connectivity index (χ4v) is 2.19. The van der Waals surface area contributed by atoms with Gasteiger partial charge in [0.15, 0.2) is 0 Å². The number of ether oxygens (including phenoxy) is 1. The van der Waals surface area contributed by atoms with Gasteiger partial charge in [0, 0.05) is 5.92 Å². The van der Waals surface area contributed by atoms with Crippen LogP contribution in [0.3, 0.4) is 0 Å². The molecule has 0 aromatic heterocycles. The van der Waals surface area contributed by atoms with Crippen molar-refractivity contribution < 1.29 is 14.3 Å². The first-order valence-electron chi connectivity index (χ1n) is 6.57. The molecule has 104 valence electrons. The van der Waals surface area contributed by atoms with Crippen molar-refractivity contribution in [3.63, 3.8) is 0 Å². The second kappa shape index (κ2) is 6.07. The maximum absolute atomic E-state index is 11.8. The van der Waals surface area contributed by atoms with E-state index < -0.39 is 11.7 Å². The highest BCUT2D eigenvalue weighted by Gasteiger charge is 2.25. The van der Waals surface area contributed by atoms with Crippen molar-refractivity contribution in [1.29, 1.82) is 0 Å². The van der Waals surface area contributed by atoms with Crippen molar-refractivity contribution in [3.8, 4) is 0 Å². The zero-order valence-corrected chi connectivity index (χ0v) is 11.7. The molecule has 1 fully saturated rings. The van der Waals surface area contributed by atoms with Gasteiger partial charge in [-0.15, -0.1) is 0 Å². The lowest BCUT2D eigenvalue weighted by molar-refractivity contribution is -0.127. The number of hydrogen-bond acceptors (Lipinski definition) is 3. The molecule has 0 heterocycles. The lowest BCUT2D eigenvalue weighted by Crippen LogP contribution is -2.47. The van der Waals surface area contributed by atoms with Gasteiger partial charge in [0.25, 0.3) is 0 Å². The number of nitrogens with one attached hydrogen (secondary N) is 2. The molecule has 0 radical (unpaired) electrons. The third-order valence-electron chi connectivity index (χ3n) is 2.99. The van der Waals surface area contributed by atoms with E-state index in [4.69, 9.17) is 4.74 Å². The van der Waals surface area contributed by atoms with Crippen LogP contribution in [0.15, 0.2) is 0 Å². The van der Waals surface area contributed by atoms with Gasteiger partial charge in [-0.25, -0.2) is 10.2 Å². The number of rotatable bonds is 1. The summed E-state index contributed by atoms with van der Waals surface area (Å²) in [6.07, 6.45) is 3.42. The van der Waals surface area contributed by atoms with Crippen molar-refractivity contribution in [3.05, 3.63) is 0 Å². The predicted molar refractivity (Wildman–Crippen MR) is 68.6 cm³/mol. The normalized spacial score (nSPS) is 24.2. The van der Waals surface area contributed by atoms with Crippen LogP contribution in [0.4, 0.5) is 4.79 Å². The quantitative estimate of drug-likeness (QED) is 0.708. The SMILES string of the molecule is CC1CCCC(C(=O)NNC(=O)OC(C)(C)C)C1. The van der Waals surface area contributed by atoms with Crippen molar-refractivity contribution in [2.75, 3.05) is 0 Å². The first-order chi connectivity index (χ1) is 8.28. The van der Waals surface area contributed by atoms with Gasteiger partial charge in [0.1, 0.15) is 5.60 Å². The molecule has 2 atom stereocenters. The summed E-state index contributed by atoms with van der Waals surface area (Å²) in [6.45, 7) is 7.48. The van der Waals surface area contributed by atoms with E-state index in [1.807, 2.05) is 0 Å². The zero-order valence-electron chi connectivity index (χ0n) is 11.7. The summed E-state index contributed by atoms with van der Waals surface area (Å²) in [4.78, 5) is 23.2. The molecule has 0 saturated heterocycles. The number of carbonyl (C=O) groups is 2. The molecule has 0 aromatic carbocycles. The second-order valence-corrected chi connectivity index (χ2v) is 6.08. The van der Waals surface area contributed by atoms with Gasteiger partial charge in [-0.05, 0) is 39.5 Å². The number of amides is 2. The van der Waals surface area contributed by atoms with Crippen LogP contribution in [0.5, 0.6) is 0 Å². The van der Waals surface area contributed by atoms with Crippen LogP contribution in [0.1, 0.15) is 53.4 Å². The van der Waals surface area contributed by atoms with E-state index in [9.17, 15) is 9.59 Å². The van der Waals surface area contributed by atoms with Crippen LogP contribution in [-0.2, 0) is 9.53 Å². The lowest BCUT2D eigenvalue weighted by Gasteiger charge is -2.26. The summed E-state index contributed by atoms with van der Waals surface area (Å²) >= 11 is 0. The molecule has 0 bridgehead atoms. The minimum absolute atomic E-state index is 0.00341. The minimum atomic E-state index is -0.625. The van der Waals surface area contributed by atoms with Gasteiger partial charge >= 0.3 is 6.09 Å². The van der Waals surface area contributed by atoms with Crippen molar-refractivity contribution in [2.45, 2.75) is 59.0 Å². The fourth-order valence-electron chi connectivity index (χ4n) is 2.19. The Hall–Kier alpha value is -1.26. The van der Waals surface area contributed by atoms with Crippen LogP contribution in [-0.4, -0.2) is 17.6 Å². The highest BCUT2D eigenvalue weighted by Crippen LogP contribution is 2.28. The third-order valence-corrected chi connectivity index (χ3v) is 2.99. The van der Waals surface area contributed by atoms with Crippen LogP contribution in [0, 0.1) is 11.8 Å². The number of hydrazine groups is 1. The van der Waals surface area contributed by atoms with Gasteiger partial charge < -0.3 is 4.74 Å². The molecule has 2 unspecified atom stereocenters. The van der Waals surface area contributed by atoms with E-state index >= 15 is 0 Å². The first kappa shape index (κ1) is 14.8. The van der Waals surface area contributed by atoms with Crippen molar-refractivity contribution >= 4 is 12.0 Å². The Bertz CT molecular complexity index is 310. The molecule has 1 rings (SSSR count). The predicted octanol–water partition coefficient (Wildman–Crippen LogP) is 2.37. The molecular formula is C13H24N2O3. The monoisotopic (exact) mass is 256 g/mol. The Morgan fingerprint density at radius 1 is 1.17 bits per heavy atom. The van der Waals surface area contributed by atoms with E-state index in [2.05, 4.69) is 17.8 Å². The smallest absolute Gasteiger partial charge is 0.426 e. The molecule has 0 aromatic rings. The standard InChI is InChI=1S/C13H24N2O3/c1-9-6-5-7-10(8-9)11(16)14-15-12(17)18-13(2,3)4/h9-10H,5-8H2,1-4H3,(H,14,16)(H,15,17). The Morgan fingerprint density at radius 2 is 1.83 bits per heavy atom. The molecule has 0 aliphatic heterocycles. The maximum Gasteiger partial charge on any atom is 0.426 e. The van der Waals surface area contributed by atoms with E-state index in [1.165, 1.54) is 6.42 Å². The summed E-state index contributed by atoms with van der Waals surface area (Å²) in [6, 6.07) is 0. The van der Waals surface area contributed by atoms with Gasteiger partial charge in [-0.3, -0.25) is 10.2 Å². The van der Waals surface area contributed by atoms with Gasteiger partial charge in [0.05, 0.1) is 0 Å². The average molecular weight is 256 g/mol. The molecule has 1 aliphatic rings. The van der Waals surface area contributed by atoms with Crippen LogP contribution in [0.2, 0.25) is 0 Å². The van der Waals surface area contributed by atoms with E-state index in [-0.39, 0.29) is 11.8 Å². The molecular weight excluding hydrogens is 232 g/mol. The Kier molecular flexibility index (Phi) is 4.99. The molecule has 5 heteroatoms. The highest BCUT2D eigenvalue weighted by molar-refractivity contribution is 5.81. The maximum atomic E-state index is 11.8. The Morgan fingerprint density at radius 3 is 2.39 bits per heavy atom. The molecule has 1 aliphatic carbocycles. The number of hydrogen-bond donors (Lipinski definition) is 2. The Balaban J connectivity index is 2.30. The van der Waals surface area contributed by atoms with Crippen LogP contribution < -0.4 is 10.9 Å². The molecule has 5 nitrogen and oxygen atoms in total. The fraction of sp³-hybridized carbons (Fsp3) is 0.846. The molecule has 2 amide bonds. The average Bonchev–Trinajstić information content (AvgIpc) is 2.23. The third kappa shape index (κ3) is 5.38. The summed E-state index contributed by atoms with van der Waals surface area (Å²) < 4.78 is 5.03. The summed E-state index contributed by atoms with van der Waals surface area (Å²) in [5.74, 6) is 0.465. The first-order valence-corrected chi connectivity index (χ1v) is 6.57. The molecule has 1 saturated carbocycles. The van der Waals surface area contributed by atoms with Crippen molar-refractivity contribution in [1.82, 2.24) is 10.9 Å². The van der Waals surface area contributed by atoms with E-state index in [1.54, 1.807) is 20.8 Å². The van der Waals surface area contributed by atoms with Gasteiger partial charge in [-0.1, -0.05) is 19.8 Å². The molecule has 0 spiro atoms. The topological polar surface area (TPSA) is 67.4 Å². The van der Waals surface area contributed by atoms with E-state index in [0.29, 0.717) is 5.92 Å². The zero-order chi connectivity index (χ0) is 13.8. The van der Waals surface area contributed by atoms with Crippen LogP contribution in [0.25, 0.3) is 0 Å². The van der Waals surface area contributed by atoms with Crippen molar-refractivity contribution in [2.24, 2.45) is 11.8 Å². The molecule has 18 heavy (non-hydrogen) atoms. The Labute approximate surface area is 109 Å². The van der Waals surface area contributed by atoms with Crippen LogP contribution >= 0.6 is 0 Å². The molecule has 2 N–H and O–H groups in total. The lowest BCUT2D eigenvalue weighted by atomic mass is 9.82. The summed E-state index contributed by atoms with van der Waals surface area (Å²) in [5, 5.41) is 0. The van der Waals surface area contributed by atoms with E-state index in [0.717, 1.165) is 19.3 Å². The largest absolute Gasteiger partial charge is 0.443 e.